The number of nitrogens with zero attached hydrogens (tertiary/aromatic N) is 3. The second-order valence-electron chi connectivity index (χ2n) is 6.64. The molecule has 1 aromatic heterocycles. The van der Waals surface area contributed by atoms with E-state index in [4.69, 9.17) is 4.74 Å². The van der Waals surface area contributed by atoms with Crippen molar-refractivity contribution in [2.75, 3.05) is 26.2 Å². The Kier molecular flexibility index (Phi) is 7.02. The highest BCUT2D eigenvalue weighted by molar-refractivity contribution is 5.88. The zero-order valence-electron chi connectivity index (χ0n) is 16.1. The van der Waals surface area contributed by atoms with Crippen LogP contribution in [0.15, 0.2) is 42.7 Å². The fourth-order valence-corrected chi connectivity index (χ4v) is 3.31. The molecule has 150 valence electrons. The Labute approximate surface area is 164 Å². The lowest BCUT2D eigenvalue weighted by molar-refractivity contribution is -0.134. The molecule has 28 heavy (non-hydrogen) atoms. The standard InChI is InChI=1S/C20H27N5O3/c1-2-28-18-7-4-3-6-16(18)15-24-12-9-22-20(27)17(24)14-19(26)21-10-13-25-11-5-8-23-25/h3-8,11,17H,2,9-10,12-15H2,1H3,(H,21,26)(H,22,27). The summed E-state index contributed by atoms with van der Waals surface area (Å²) in [5.74, 6) is 0.568. The molecule has 0 radical (unpaired) electrons. The molecule has 1 unspecified atom stereocenters. The van der Waals surface area contributed by atoms with Crippen molar-refractivity contribution >= 4 is 11.8 Å². The van der Waals surface area contributed by atoms with Crippen LogP contribution in [0.3, 0.4) is 0 Å². The molecule has 1 fully saturated rings. The Bertz CT molecular complexity index is 778. The maximum Gasteiger partial charge on any atom is 0.237 e. The zero-order valence-corrected chi connectivity index (χ0v) is 16.1. The number of hydrogen-bond acceptors (Lipinski definition) is 5. The minimum Gasteiger partial charge on any atom is -0.494 e. The molecule has 2 heterocycles. The molecule has 0 aliphatic carbocycles. The maximum absolute atomic E-state index is 12.4. The summed E-state index contributed by atoms with van der Waals surface area (Å²) in [7, 11) is 0. The summed E-state index contributed by atoms with van der Waals surface area (Å²) in [6.45, 7) is 5.43. The van der Waals surface area contributed by atoms with Crippen LogP contribution in [-0.4, -0.2) is 58.8 Å². The highest BCUT2D eigenvalue weighted by Gasteiger charge is 2.31. The third-order valence-corrected chi connectivity index (χ3v) is 4.69. The number of carbonyl (C=O) groups is 2. The van der Waals surface area contributed by atoms with Gasteiger partial charge in [-0.25, -0.2) is 0 Å². The van der Waals surface area contributed by atoms with Gasteiger partial charge in [0.2, 0.25) is 11.8 Å². The molecule has 8 heteroatoms. The number of aromatic nitrogens is 2. The molecule has 1 aliphatic heterocycles. The largest absolute Gasteiger partial charge is 0.494 e. The van der Waals surface area contributed by atoms with Crippen molar-refractivity contribution in [1.29, 1.82) is 0 Å². The molecule has 2 amide bonds. The topological polar surface area (TPSA) is 88.5 Å². The van der Waals surface area contributed by atoms with Gasteiger partial charge >= 0.3 is 0 Å². The van der Waals surface area contributed by atoms with E-state index in [1.165, 1.54) is 0 Å². The van der Waals surface area contributed by atoms with Crippen LogP contribution >= 0.6 is 0 Å². The van der Waals surface area contributed by atoms with Crippen molar-refractivity contribution in [2.45, 2.75) is 32.5 Å². The van der Waals surface area contributed by atoms with Crippen LogP contribution in [0.1, 0.15) is 18.9 Å². The van der Waals surface area contributed by atoms with Crippen molar-refractivity contribution < 1.29 is 14.3 Å². The van der Waals surface area contributed by atoms with E-state index >= 15 is 0 Å². The Morgan fingerprint density at radius 1 is 1.36 bits per heavy atom. The monoisotopic (exact) mass is 385 g/mol. The molecular weight excluding hydrogens is 358 g/mol. The van der Waals surface area contributed by atoms with Crippen LogP contribution in [0.5, 0.6) is 5.75 Å². The van der Waals surface area contributed by atoms with E-state index < -0.39 is 6.04 Å². The van der Waals surface area contributed by atoms with Crippen molar-refractivity contribution in [3.63, 3.8) is 0 Å². The van der Waals surface area contributed by atoms with Gasteiger partial charge in [0, 0.05) is 44.1 Å². The van der Waals surface area contributed by atoms with Crippen molar-refractivity contribution in [3.05, 3.63) is 48.3 Å². The molecule has 0 bridgehead atoms. The predicted octanol–water partition coefficient (Wildman–Crippen LogP) is 0.789. The third kappa shape index (κ3) is 5.32. The summed E-state index contributed by atoms with van der Waals surface area (Å²) >= 11 is 0. The number of benzene rings is 1. The molecule has 3 rings (SSSR count). The Hall–Kier alpha value is -2.87. The van der Waals surface area contributed by atoms with Gasteiger partial charge in [-0.3, -0.25) is 19.2 Å². The molecule has 1 aromatic carbocycles. The molecular formula is C20H27N5O3. The van der Waals surface area contributed by atoms with E-state index in [-0.39, 0.29) is 18.2 Å². The highest BCUT2D eigenvalue weighted by atomic mass is 16.5. The second kappa shape index (κ2) is 9.89. The number of nitrogens with one attached hydrogen (secondary N) is 2. The van der Waals surface area contributed by atoms with Crippen LogP contribution in [0.2, 0.25) is 0 Å². The molecule has 1 aliphatic rings. The van der Waals surface area contributed by atoms with Gasteiger partial charge in [0.25, 0.3) is 0 Å². The smallest absolute Gasteiger partial charge is 0.237 e. The van der Waals surface area contributed by atoms with Crippen LogP contribution in [0.4, 0.5) is 0 Å². The summed E-state index contributed by atoms with van der Waals surface area (Å²) in [5.41, 5.74) is 1.02. The minimum atomic E-state index is -0.492. The number of rotatable bonds is 9. The highest BCUT2D eigenvalue weighted by Crippen LogP contribution is 2.22. The first-order valence-corrected chi connectivity index (χ1v) is 9.64. The van der Waals surface area contributed by atoms with E-state index in [2.05, 4.69) is 15.7 Å². The number of carbonyl (C=O) groups excluding carboxylic acids is 2. The zero-order chi connectivity index (χ0) is 19.8. The molecule has 2 N–H and O–H groups in total. The number of amides is 2. The molecule has 8 nitrogen and oxygen atoms in total. The first-order valence-electron chi connectivity index (χ1n) is 9.64. The van der Waals surface area contributed by atoms with Gasteiger partial charge in [0.05, 0.1) is 25.6 Å². The van der Waals surface area contributed by atoms with Gasteiger partial charge in [0.1, 0.15) is 5.75 Å². The number of hydrogen-bond donors (Lipinski definition) is 2. The molecule has 0 saturated carbocycles. The quantitative estimate of drug-likeness (QED) is 0.666. The average molecular weight is 385 g/mol. The van der Waals surface area contributed by atoms with Gasteiger partial charge in [-0.05, 0) is 19.1 Å². The maximum atomic E-state index is 12.4. The molecule has 1 atom stereocenters. The Morgan fingerprint density at radius 2 is 2.21 bits per heavy atom. The van der Waals surface area contributed by atoms with Gasteiger partial charge in [-0.2, -0.15) is 5.10 Å². The normalized spacial score (nSPS) is 17.2. The number of piperazine rings is 1. The first kappa shape index (κ1) is 19.9. The molecule has 0 spiro atoms. The summed E-state index contributed by atoms with van der Waals surface area (Å²) in [5, 5.41) is 9.84. The van der Waals surface area contributed by atoms with Gasteiger partial charge in [-0.15, -0.1) is 0 Å². The van der Waals surface area contributed by atoms with E-state index in [0.717, 1.165) is 11.3 Å². The molecule has 1 saturated heterocycles. The lowest BCUT2D eigenvalue weighted by Crippen LogP contribution is -2.56. The van der Waals surface area contributed by atoms with E-state index in [9.17, 15) is 9.59 Å². The number of para-hydroxylation sites is 1. The third-order valence-electron chi connectivity index (χ3n) is 4.69. The lowest BCUT2D eigenvalue weighted by Gasteiger charge is -2.35. The van der Waals surface area contributed by atoms with Crippen LogP contribution < -0.4 is 15.4 Å². The van der Waals surface area contributed by atoms with E-state index in [0.29, 0.717) is 39.3 Å². The van der Waals surface area contributed by atoms with Gasteiger partial charge in [-0.1, -0.05) is 18.2 Å². The van der Waals surface area contributed by atoms with Crippen LogP contribution in [0, 0.1) is 0 Å². The lowest BCUT2D eigenvalue weighted by atomic mass is 10.1. The predicted molar refractivity (Wildman–Crippen MR) is 105 cm³/mol. The van der Waals surface area contributed by atoms with Gasteiger partial charge in [0.15, 0.2) is 0 Å². The second-order valence-corrected chi connectivity index (χ2v) is 6.64. The fourth-order valence-electron chi connectivity index (χ4n) is 3.31. The SMILES string of the molecule is CCOc1ccccc1CN1CCNC(=O)C1CC(=O)NCCn1cccn1. The average Bonchev–Trinajstić information content (AvgIpc) is 3.20. The summed E-state index contributed by atoms with van der Waals surface area (Å²) < 4.78 is 7.45. The summed E-state index contributed by atoms with van der Waals surface area (Å²) in [6.07, 6.45) is 3.67. The van der Waals surface area contributed by atoms with Crippen molar-refractivity contribution in [3.8, 4) is 5.75 Å². The summed E-state index contributed by atoms with van der Waals surface area (Å²) in [4.78, 5) is 26.8. The van der Waals surface area contributed by atoms with E-state index in [1.807, 2.05) is 48.4 Å². The van der Waals surface area contributed by atoms with Gasteiger partial charge < -0.3 is 15.4 Å². The van der Waals surface area contributed by atoms with Crippen LogP contribution in [-0.2, 0) is 22.7 Å². The minimum absolute atomic E-state index is 0.109. The summed E-state index contributed by atoms with van der Waals surface area (Å²) in [6, 6.07) is 9.17. The first-order chi connectivity index (χ1) is 13.7. The Morgan fingerprint density at radius 3 is 3.00 bits per heavy atom. The Balaban J connectivity index is 1.59. The van der Waals surface area contributed by atoms with Crippen molar-refractivity contribution in [1.82, 2.24) is 25.3 Å². The fraction of sp³-hybridized carbons (Fsp3) is 0.450. The number of ether oxygens (including phenoxy) is 1. The molecule has 2 aromatic rings. The van der Waals surface area contributed by atoms with Crippen LogP contribution in [0.25, 0.3) is 0 Å². The van der Waals surface area contributed by atoms with E-state index in [1.54, 1.807) is 10.9 Å². The van der Waals surface area contributed by atoms with Crippen molar-refractivity contribution in [2.24, 2.45) is 0 Å².